The number of rotatable bonds is 0. The number of carbonyl (C=O) groups excluding carboxylic acids is 1. The second kappa shape index (κ2) is 4.25. The van der Waals surface area contributed by atoms with E-state index in [1.54, 1.807) is 0 Å². The summed E-state index contributed by atoms with van der Waals surface area (Å²) in [5, 5.41) is 0. The zero-order valence-corrected chi connectivity index (χ0v) is 5.09. The third-order valence-electron chi connectivity index (χ3n) is 0.686. The van der Waals surface area contributed by atoms with Gasteiger partial charge in [0.15, 0.2) is 0 Å². The van der Waals surface area contributed by atoms with Crippen molar-refractivity contribution >= 4 is 6.79 Å². The molecule has 0 aliphatic heterocycles. The third kappa shape index (κ3) is 2.61. The van der Waals surface area contributed by atoms with E-state index < -0.39 is 5.69 Å². The molecule has 1 aromatic rings. The van der Waals surface area contributed by atoms with E-state index in [4.69, 9.17) is 4.79 Å². The van der Waals surface area contributed by atoms with Crippen LogP contribution in [0.3, 0.4) is 0 Å². The summed E-state index contributed by atoms with van der Waals surface area (Å²) in [6, 6.07) is 1.24. The maximum atomic E-state index is 10.2. The molecule has 0 atom stereocenters. The molecule has 5 heteroatoms. The predicted molar refractivity (Wildman–Crippen MR) is 34.8 cm³/mol. The fraction of sp³-hybridized carbons (Fsp3) is 0. The van der Waals surface area contributed by atoms with Crippen LogP contribution in [0.1, 0.15) is 0 Å². The molecule has 0 amide bonds. The van der Waals surface area contributed by atoms with Gasteiger partial charge >= 0.3 is 5.69 Å². The first-order chi connectivity index (χ1) is 4.79. The van der Waals surface area contributed by atoms with Crippen molar-refractivity contribution in [1.29, 1.82) is 0 Å². The van der Waals surface area contributed by atoms with Gasteiger partial charge in [0.25, 0.3) is 5.56 Å². The lowest BCUT2D eigenvalue weighted by Gasteiger charge is -1.75. The van der Waals surface area contributed by atoms with Crippen LogP contribution in [0.5, 0.6) is 0 Å². The lowest BCUT2D eigenvalue weighted by Crippen LogP contribution is -2.19. The highest BCUT2D eigenvalue weighted by Gasteiger charge is 1.77. The highest BCUT2D eigenvalue weighted by Crippen LogP contribution is 1.51. The molecule has 5 nitrogen and oxygen atoms in total. The number of hydrogen-bond acceptors (Lipinski definition) is 3. The minimum absolute atomic E-state index is 0.381. The monoisotopic (exact) mass is 142 g/mol. The van der Waals surface area contributed by atoms with Crippen molar-refractivity contribution in [2.45, 2.75) is 0 Å². The molecule has 0 aliphatic rings. The molecule has 2 N–H and O–H groups in total. The van der Waals surface area contributed by atoms with Crippen LogP contribution < -0.4 is 11.2 Å². The Bertz CT molecular complexity index is 262. The zero-order chi connectivity index (χ0) is 7.98. The summed E-state index contributed by atoms with van der Waals surface area (Å²) >= 11 is 0. The average molecular weight is 142 g/mol. The van der Waals surface area contributed by atoms with Crippen LogP contribution in [-0.4, -0.2) is 16.8 Å². The van der Waals surface area contributed by atoms with E-state index in [2.05, 4.69) is 4.98 Å². The molecule has 0 saturated heterocycles. The standard InChI is InChI=1S/C4H4N2O2.CH2O/c7-3-1-2-5-4(8)6-3;1-2/h1-2H,(H2,5,6,7,8);1H2. The molecule has 1 aromatic heterocycles. The van der Waals surface area contributed by atoms with E-state index in [-0.39, 0.29) is 5.56 Å². The quantitative estimate of drug-likeness (QED) is 0.481. The predicted octanol–water partition coefficient (Wildman–Crippen LogP) is -1.12. The summed E-state index contributed by atoms with van der Waals surface area (Å²) < 4.78 is 0. The van der Waals surface area contributed by atoms with E-state index in [1.165, 1.54) is 12.3 Å². The van der Waals surface area contributed by atoms with Crippen molar-refractivity contribution in [3.8, 4) is 0 Å². The summed E-state index contributed by atoms with van der Waals surface area (Å²) in [7, 11) is 0. The van der Waals surface area contributed by atoms with Gasteiger partial charge in [0.1, 0.15) is 6.79 Å². The lowest BCUT2D eigenvalue weighted by atomic mass is 10.7. The fourth-order valence-electron chi connectivity index (χ4n) is 0.383. The Morgan fingerprint density at radius 1 is 1.30 bits per heavy atom. The van der Waals surface area contributed by atoms with Crippen LogP contribution in [0.4, 0.5) is 0 Å². The van der Waals surface area contributed by atoms with E-state index in [0.717, 1.165) is 0 Å². The molecular weight excluding hydrogens is 136 g/mol. The average Bonchev–Trinajstić information content (AvgIpc) is 1.91. The highest BCUT2D eigenvalue weighted by atomic mass is 16.2. The molecule has 0 bridgehead atoms. The second-order valence-electron chi connectivity index (χ2n) is 1.30. The number of hydrogen-bond donors (Lipinski definition) is 2. The van der Waals surface area contributed by atoms with Crippen molar-refractivity contribution in [2.75, 3.05) is 0 Å². The first kappa shape index (κ1) is 8.35. The largest absolute Gasteiger partial charge is 0.325 e. The molecule has 0 aliphatic carbocycles. The van der Waals surface area contributed by atoms with E-state index in [0.29, 0.717) is 0 Å². The molecule has 1 rings (SSSR count). The van der Waals surface area contributed by atoms with E-state index >= 15 is 0 Å². The number of nitrogens with one attached hydrogen (secondary N) is 2. The lowest BCUT2D eigenvalue weighted by molar-refractivity contribution is -0.0979. The Hall–Kier alpha value is -1.65. The van der Waals surface area contributed by atoms with Crippen LogP contribution in [0.15, 0.2) is 21.9 Å². The molecule has 10 heavy (non-hydrogen) atoms. The molecule has 0 unspecified atom stereocenters. The van der Waals surface area contributed by atoms with Gasteiger partial charge in [-0.1, -0.05) is 0 Å². The van der Waals surface area contributed by atoms with Crippen LogP contribution >= 0.6 is 0 Å². The van der Waals surface area contributed by atoms with Gasteiger partial charge in [0, 0.05) is 12.3 Å². The van der Waals surface area contributed by atoms with Crippen LogP contribution in [0.25, 0.3) is 0 Å². The Morgan fingerprint density at radius 2 is 1.90 bits per heavy atom. The van der Waals surface area contributed by atoms with E-state index in [9.17, 15) is 9.59 Å². The first-order valence-corrected chi connectivity index (χ1v) is 2.36. The van der Waals surface area contributed by atoms with Gasteiger partial charge in [0.2, 0.25) is 0 Å². The Morgan fingerprint density at radius 3 is 2.20 bits per heavy atom. The number of carbonyl (C=O) groups is 1. The smallest absolute Gasteiger partial charge is 0.314 e. The van der Waals surface area contributed by atoms with Gasteiger partial charge < -0.3 is 9.78 Å². The maximum Gasteiger partial charge on any atom is 0.325 e. The van der Waals surface area contributed by atoms with Gasteiger partial charge in [-0.05, 0) is 0 Å². The van der Waals surface area contributed by atoms with Crippen molar-refractivity contribution < 1.29 is 4.79 Å². The highest BCUT2D eigenvalue weighted by molar-refractivity contribution is 5.10. The Balaban J connectivity index is 0.000000371. The molecule has 0 spiro atoms. The first-order valence-electron chi connectivity index (χ1n) is 2.36. The summed E-state index contributed by atoms with van der Waals surface area (Å²) in [5.41, 5.74) is -0.855. The molecule has 54 valence electrons. The maximum absolute atomic E-state index is 10.2. The number of aromatic nitrogens is 2. The van der Waals surface area contributed by atoms with Crippen LogP contribution in [0.2, 0.25) is 0 Å². The topological polar surface area (TPSA) is 82.8 Å². The van der Waals surface area contributed by atoms with Gasteiger partial charge in [-0.25, -0.2) is 4.79 Å². The molecule has 0 fully saturated rings. The van der Waals surface area contributed by atoms with Gasteiger partial charge in [-0.3, -0.25) is 9.78 Å². The van der Waals surface area contributed by atoms with Gasteiger partial charge in [0.05, 0.1) is 0 Å². The van der Waals surface area contributed by atoms with Gasteiger partial charge in [-0.2, -0.15) is 0 Å². The Kier molecular flexibility index (Phi) is 3.55. The summed E-state index contributed by atoms with van der Waals surface area (Å²) in [6.45, 7) is 2.00. The van der Waals surface area contributed by atoms with Crippen molar-refractivity contribution in [2.24, 2.45) is 0 Å². The SMILES string of the molecule is C=O.O=c1cc[nH]c(=O)[nH]1. The third-order valence-corrected chi connectivity index (χ3v) is 0.686. The molecule has 0 saturated carbocycles. The molecule has 0 radical (unpaired) electrons. The normalized spacial score (nSPS) is 7.60. The molecule has 0 aromatic carbocycles. The van der Waals surface area contributed by atoms with Crippen molar-refractivity contribution in [3.63, 3.8) is 0 Å². The second-order valence-corrected chi connectivity index (χ2v) is 1.30. The minimum atomic E-state index is -0.475. The summed E-state index contributed by atoms with van der Waals surface area (Å²) in [4.78, 5) is 32.7. The summed E-state index contributed by atoms with van der Waals surface area (Å²) in [6.07, 6.45) is 1.29. The van der Waals surface area contributed by atoms with Gasteiger partial charge in [-0.15, -0.1) is 0 Å². The van der Waals surface area contributed by atoms with Crippen LogP contribution in [-0.2, 0) is 4.79 Å². The van der Waals surface area contributed by atoms with E-state index in [1.807, 2.05) is 11.8 Å². The molecule has 1 heterocycles. The Labute approximate surface area is 55.7 Å². The summed E-state index contributed by atoms with van der Waals surface area (Å²) in [5.74, 6) is 0. The number of H-pyrrole nitrogens is 2. The minimum Gasteiger partial charge on any atom is -0.314 e. The number of aromatic amines is 2. The van der Waals surface area contributed by atoms with Crippen LogP contribution in [0, 0.1) is 0 Å². The van der Waals surface area contributed by atoms with Crippen molar-refractivity contribution in [1.82, 2.24) is 9.97 Å². The van der Waals surface area contributed by atoms with Crippen molar-refractivity contribution in [3.05, 3.63) is 33.1 Å². The zero-order valence-electron chi connectivity index (χ0n) is 5.09. The fourth-order valence-corrected chi connectivity index (χ4v) is 0.383. The molecular formula is C5H6N2O3.